The van der Waals surface area contributed by atoms with Crippen molar-refractivity contribution in [1.82, 2.24) is 4.98 Å². The van der Waals surface area contributed by atoms with Crippen molar-refractivity contribution in [2.75, 3.05) is 0 Å². The molecule has 2 aromatic rings. The second kappa shape index (κ2) is 4.61. The van der Waals surface area contributed by atoms with Crippen LogP contribution in [0.3, 0.4) is 0 Å². The van der Waals surface area contributed by atoms with Crippen molar-refractivity contribution >= 4 is 11.1 Å². The average molecular weight is 222 g/mol. The molecular formula is C12H15FN2O. The lowest BCUT2D eigenvalue weighted by Crippen LogP contribution is -2.14. The molecule has 0 aliphatic rings. The van der Waals surface area contributed by atoms with Gasteiger partial charge in [0, 0.05) is 18.5 Å². The number of benzene rings is 1. The molecule has 1 heterocycles. The lowest BCUT2D eigenvalue weighted by Gasteiger charge is -2.01. The highest BCUT2D eigenvalue weighted by Crippen LogP contribution is 2.17. The number of fused-ring (bicyclic) bond motifs is 1. The minimum Gasteiger partial charge on any atom is -0.441 e. The van der Waals surface area contributed by atoms with Crippen LogP contribution >= 0.6 is 0 Å². The number of rotatable bonds is 4. The Bertz CT molecular complexity index is 479. The van der Waals surface area contributed by atoms with Gasteiger partial charge < -0.3 is 10.2 Å². The number of aryl methyl sites for hydroxylation is 1. The topological polar surface area (TPSA) is 52.0 Å². The van der Waals surface area contributed by atoms with Gasteiger partial charge in [-0.15, -0.1) is 0 Å². The summed E-state index contributed by atoms with van der Waals surface area (Å²) in [6, 6.07) is 4.57. The van der Waals surface area contributed by atoms with Crippen LogP contribution in [0.2, 0.25) is 0 Å². The third-order valence-electron chi connectivity index (χ3n) is 2.44. The van der Waals surface area contributed by atoms with Crippen LogP contribution < -0.4 is 5.73 Å². The van der Waals surface area contributed by atoms with E-state index in [1.165, 1.54) is 12.1 Å². The lowest BCUT2D eigenvalue weighted by molar-refractivity contribution is 0.502. The lowest BCUT2D eigenvalue weighted by atomic mass is 10.1. The van der Waals surface area contributed by atoms with E-state index in [4.69, 9.17) is 10.2 Å². The minimum absolute atomic E-state index is 0.196. The second-order valence-electron chi connectivity index (χ2n) is 4.09. The maximum atomic E-state index is 12.9. The Labute approximate surface area is 93.5 Å². The Kier molecular flexibility index (Phi) is 3.19. The molecule has 1 aromatic carbocycles. The van der Waals surface area contributed by atoms with Gasteiger partial charge in [-0.2, -0.15) is 0 Å². The van der Waals surface area contributed by atoms with Gasteiger partial charge in [-0.1, -0.05) is 0 Å². The fraction of sp³-hybridized carbons (Fsp3) is 0.417. The van der Waals surface area contributed by atoms with E-state index in [9.17, 15) is 4.39 Å². The van der Waals surface area contributed by atoms with E-state index in [-0.39, 0.29) is 11.9 Å². The average Bonchev–Trinajstić information content (AvgIpc) is 2.58. The van der Waals surface area contributed by atoms with Gasteiger partial charge in [0.25, 0.3) is 0 Å². The zero-order chi connectivity index (χ0) is 11.5. The summed E-state index contributed by atoms with van der Waals surface area (Å²) in [5.41, 5.74) is 6.87. The molecule has 1 unspecified atom stereocenters. The summed E-state index contributed by atoms with van der Waals surface area (Å²) in [7, 11) is 0. The van der Waals surface area contributed by atoms with Crippen LogP contribution in [0.5, 0.6) is 0 Å². The molecule has 0 aliphatic carbocycles. The summed E-state index contributed by atoms with van der Waals surface area (Å²) >= 11 is 0. The predicted molar refractivity (Wildman–Crippen MR) is 60.6 cm³/mol. The second-order valence-corrected chi connectivity index (χ2v) is 4.09. The van der Waals surface area contributed by atoms with Gasteiger partial charge in [-0.25, -0.2) is 9.37 Å². The molecule has 0 radical (unpaired) electrons. The number of hydrogen-bond acceptors (Lipinski definition) is 3. The molecule has 0 fully saturated rings. The third kappa shape index (κ3) is 2.58. The first-order valence-corrected chi connectivity index (χ1v) is 5.45. The number of oxazole rings is 1. The quantitative estimate of drug-likeness (QED) is 0.865. The standard InChI is InChI=1S/C12H15FN2O/c1-8(14)3-2-4-12-15-10-6-5-9(13)7-11(10)16-12/h5-8H,2-4,14H2,1H3. The van der Waals surface area contributed by atoms with E-state index in [1.54, 1.807) is 6.07 Å². The van der Waals surface area contributed by atoms with Gasteiger partial charge in [0.2, 0.25) is 0 Å². The van der Waals surface area contributed by atoms with Crippen LogP contribution in [-0.2, 0) is 6.42 Å². The van der Waals surface area contributed by atoms with E-state index in [0.29, 0.717) is 17.0 Å². The summed E-state index contributed by atoms with van der Waals surface area (Å²) < 4.78 is 18.3. The number of nitrogens with zero attached hydrogens (tertiary/aromatic N) is 1. The van der Waals surface area contributed by atoms with Gasteiger partial charge in [0.1, 0.15) is 11.3 Å². The maximum absolute atomic E-state index is 12.9. The van der Waals surface area contributed by atoms with Gasteiger partial charge >= 0.3 is 0 Å². The van der Waals surface area contributed by atoms with E-state index >= 15 is 0 Å². The molecule has 1 aromatic heterocycles. The van der Waals surface area contributed by atoms with Crippen LogP contribution in [0.4, 0.5) is 4.39 Å². The molecule has 4 heteroatoms. The highest BCUT2D eigenvalue weighted by molar-refractivity contribution is 5.72. The monoisotopic (exact) mass is 222 g/mol. The first-order chi connectivity index (χ1) is 7.65. The molecule has 2 N–H and O–H groups in total. The van der Waals surface area contributed by atoms with Crippen molar-refractivity contribution in [2.45, 2.75) is 32.2 Å². The molecule has 0 saturated carbocycles. The van der Waals surface area contributed by atoms with E-state index < -0.39 is 0 Å². The fourth-order valence-electron chi connectivity index (χ4n) is 1.63. The molecule has 1 atom stereocenters. The molecule has 0 saturated heterocycles. The van der Waals surface area contributed by atoms with Gasteiger partial charge in [0.15, 0.2) is 11.5 Å². The zero-order valence-electron chi connectivity index (χ0n) is 9.24. The highest BCUT2D eigenvalue weighted by Gasteiger charge is 2.06. The third-order valence-corrected chi connectivity index (χ3v) is 2.44. The summed E-state index contributed by atoms with van der Waals surface area (Å²) in [5, 5.41) is 0. The van der Waals surface area contributed by atoms with Crippen LogP contribution in [0.25, 0.3) is 11.1 Å². The molecular weight excluding hydrogens is 207 g/mol. The smallest absolute Gasteiger partial charge is 0.195 e. The Morgan fingerprint density at radius 1 is 1.50 bits per heavy atom. The number of halogens is 1. The molecule has 0 spiro atoms. The van der Waals surface area contributed by atoms with Gasteiger partial charge in [-0.05, 0) is 31.9 Å². The summed E-state index contributed by atoms with van der Waals surface area (Å²) in [4.78, 5) is 4.28. The van der Waals surface area contributed by atoms with E-state index in [2.05, 4.69) is 4.98 Å². The van der Waals surface area contributed by atoms with Crippen molar-refractivity contribution in [3.63, 3.8) is 0 Å². The van der Waals surface area contributed by atoms with Crippen molar-refractivity contribution in [3.05, 3.63) is 29.9 Å². The maximum Gasteiger partial charge on any atom is 0.195 e. The van der Waals surface area contributed by atoms with Crippen LogP contribution in [0.1, 0.15) is 25.7 Å². The van der Waals surface area contributed by atoms with Crippen molar-refractivity contribution in [3.8, 4) is 0 Å². The van der Waals surface area contributed by atoms with E-state index in [1.807, 2.05) is 6.92 Å². The summed E-state index contributed by atoms with van der Waals surface area (Å²) in [6.07, 6.45) is 2.62. The molecule has 0 aliphatic heterocycles. The van der Waals surface area contributed by atoms with Crippen LogP contribution in [-0.4, -0.2) is 11.0 Å². The van der Waals surface area contributed by atoms with Crippen molar-refractivity contribution in [2.24, 2.45) is 5.73 Å². The number of aromatic nitrogens is 1. The van der Waals surface area contributed by atoms with Gasteiger partial charge in [0.05, 0.1) is 0 Å². The SMILES string of the molecule is CC(N)CCCc1nc2ccc(F)cc2o1. The largest absolute Gasteiger partial charge is 0.441 e. The first-order valence-electron chi connectivity index (χ1n) is 5.45. The van der Waals surface area contributed by atoms with E-state index in [0.717, 1.165) is 19.3 Å². The number of hydrogen-bond donors (Lipinski definition) is 1. The van der Waals surface area contributed by atoms with Crippen molar-refractivity contribution in [1.29, 1.82) is 0 Å². The molecule has 2 rings (SSSR count). The molecule has 0 bridgehead atoms. The Balaban J connectivity index is 2.08. The highest BCUT2D eigenvalue weighted by atomic mass is 19.1. The fourth-order valence-corrected chi connectivity index (χ4v) is 1.63. The summed E-state index contributed by atoms with van der Waals surface area (Å²) in [6.45, 7) is 1.97. The predicted octanol–water partition coefficient (Wildman–Crippen LogP) is 2.64. The zero-order valence-corrected chi connectivity index (χ0v) is 9.24. The number of nitrogens with two attached hydrogens (primary N) is 1. The van der Waals surface area contributed by atoms with Crippen LogP contribution in [0, 0.1) is 5.82 Å². The van der Waals surface area contributed by atoms with Crippen LogP contribution in [0.15, 0.2) is 22.6 Å². The molecule has 16 heavy (non-hydrogen) atoms. The molecule has 3 nitrogen and oxygen atoms in total. The normalized spacial score (nSPS) is 13.2. The molecule has 0 amide bonds. The Morgan fingerprint density at radius 3 is 3.06 bits per heavy atom. The Hall–Kier alpha value is -1.42. The minimum atomic E-state index is -0.300. The Morgan fingerprint density at radius 2 is 2.31 bits per heavy atom. The van der Waals surface area contributed by atoms with Gasteiger partial charge in [-0.3, -0.25) is 0 Å². The summed E-state index contributed by atoms with van der Waals surface area (Å²) in [5.74, 6) is 0.354. The molecule has 86 valence electrons. The van der Waals surface area contributed by atoms with Crippen molar-refractivity contribution < 1.29 is 8.81 Å². The first kappa shape index (κ1) is 11.1.